The summed E-state index contributed by atoms with van der Waals surface area (Å²) < 4.78 is 12.1. The molecular weight excluding hydrogens is 278 g/mol. The second-order valence-corrected chi connectivity index (χ2v) is 6.94. The van der Waals surface area contributed by atoms with Crippen molar-refractivity contribution >= 4 is 5.82 Å². The highest BCUT2D eigenvalue weighted by atomic mass is 16.5. The molecule has 3 heterocycles. The lowest BCUT2D eigenvalue weighted by atomic mass is 9.99. The standard InChI is InChI=1S/C17H25N3O2/c1-12-2-7-17(19-18-12)20-9-8-16-15(20)6-5-14(22-16)11-21-10-13-3-4-13/h2,7,13-16H,3-6,8-11H2,1H3/t14-,15+,16+/m1/s1. The summed E-state index contributed by atoms with van der Waals surface area (Å²) in [6.45, 7) is 4.69. The van der Waals surface area contributed by atoms with Crippen molar-refractivity contribution in [2.24, 2.45) is 5.92 Å². The molecule has 0 radical (unpaired) electrons. The highest BCUT2D eigenvalue weighted by Gasteiger charge is 2.40. The summed E-state index contributed by atoms with van der Waals surface area (Å²) in [4.78, 5) is 2.37. The lowest BCUT2D eigenvalue weighted by Crippen LogP contribution is -2.44. The first kappa shape index (κ1) is 14.4. The summed E-state index contributed by atoms with van der Waals surface area (Å²) in [5.41, 5.74) is 0.965. The molecule has 1 saturated carbocycles. The molecule has 2 aliphatic heterocycles. The Hall–Kier alpha value is -1.20. The molecule has 5 nitrogen and oxygen atoms in total. The van der Waals surface area contributed by atoms with Gasteiger partial charge in [0, 0.05) is 13.2 Å². The predicted molar refractivity (Wildman–Crippen MR) is 84.0 cm³/mol. The van der Waals surface area contributed by atoms with Crippen LogP contribution in [0.3, 0.4) is 0 Å². The summed E-state index contributed by atoms with van der Waals surface area (Å²) in [6.07, 6.45) is 6.64. The van der Waals surface area contributed by atoms with Crippen LogP contribution in [-0.2, 0) is 9.47 Å². The van der Waals surface area contributed by atoms with Crippen LogP contribution in [0.4, 0.5) is 5.82 Å². The lowest BCUT2D eigenvalue weighted by Gasteiger charge is -2.36. The Labute approximate surface area is 132 Å². The van der Waals surface area contributed by atoms with Gasteiger partial charge in [-0.1, -0.05) is 0 Å². The van der Waals surface area contributed by atoms with E-state index in [9.17, 15) is 0 Å². The van der Waals surface area contributed by atoms with E-state index >= 15 is 0 Å². The zero-order chi connectivity index (χ0) is 14.9. The number of aromatic nitrogens is 2. The fourth-order valence-electron chi connectivity index (χ4n) is 3.60. The van der Waals surface area contributed by atoms with Gasteiger partial charge in [-0.25, -0.2) is 0 Å². The number of fused-ring (bicyclic) bond motifs is 1. The van der Waals surface area contributed by atoms with Crippen LogP contribution in [0.2, 0.25) is 0 Å². The van der Waals surface area contributed by atoms with Crippen molar-refractivity contribution in [1.29, 1.82) is 0 Å². The molecule has 2 saturated heterocycles. The van der Waals surface area contributed by atoms with Crippen LogP contribution in [-0.4, -0.2) is 48.2 Å². The zero-order valence-corrected chi connectivity index (χ0v) is 13.3. The number of anilines is 1. The molecule has 0 spiro atoms. The van der Waals surface area contributed by atoms with E-state index in [1.165, 1.54) is 12.8 Å². The van der Waals surface area contributed by atoms with Crippen molar-refractivity contribution in [3.8, 4) is 0 Å². The molecule has 22 heavy (non-hydrogen) atoms. The minimum absolute atomic E-state index is 0.282. The van der Waals surface area contributed by atoms with Crippen molar-refractivity contribution in [3.05, 3.63) is 17.8 Å². The van der Waals surface area contributed by atoms with E-state index in [1.54, 1.807) is 0 Å². The van der Waals surface area contributed by atoms with Gasteiger partial charge in [0.05, 0.1) is 30.6 Å². The Balaban J connectivity index is 1.32. The Kier molecular flexibility index (Phi) is 4.01. The fourth-order valence-corrected chi connectivity index (χ4v) is 3.60. The molecule has 0 N–H and O–H groups in total. The maximum absolute atomic E-state index is 6.27. The van der Waals surface area contributed by atoms with Crippen molar-refractivity contribution in [3.63, 3.8) is 0 Å². The predicted octanol–water partition coefficient (Wildman–Crippen LogP) is 2.34. The molecule has 3 aliphatic rings. The van der Waals surface area contributed by atoms with Crippen LogP contribution < -0.4 is 4.90 Å². The van der Waals surface area contributed by atoms with Crippen LogP contribution in [0.1, 0.15) is 37.8 Å². The molecule has 0 amide bonds. The van der Waals surface area contributed by atoms with Crippen molar-refractivity contribution in [2.75, 3.05) is 24.7 Å². The molecule has 0 bridgehead atoms. The Morgan fingerprint density at radius 2 is 2.05 bits per heavy atom. The first-order valence-electron chi connectivity index (χ1n) is 8.60. The molecule has 120 valence electrons. The number of aryl methyl sites for hydroxylation is 1. The number of rotatable bonds is 5. The number of hydrogen-bond donors (Lipinski definition) is 0. The van der Waals surface area contributed by atoms with Crippen LogP contribution in [0.15, 0.2) is 12.1 Å². The maximum atomic E-state index is 6.27. The molecule has 3 atom stereocenters. The third-order valence-corrected chi connectivity index (χ3v) is 5.07. The molecule has 1 aromatic heterocycles. The van der Waals surface area contributed by atoms with E-state index in [2.05, 4.69) is 21.2 Å². The van der Waals surface area contributed by atoms with Gasteiger partial charge in [0.15, 0.2) is 5.82 Å². The highest BCUT2D eigenvalue weighted by molar-refractivity contribution is 5.41. The van der Waals surface area contributed by atoms with E-state index in [4.69, 9.17) is 9.47 Å². The van der Waals surface area contributed by atoms with Gasteiger partial charge in [-0.15, -0.1) is 5.10 Å². The second kappa shape index (κ2) is 6.13. The first-order valence-corrected chi connectivity index (χ1v) is 8.60. The summed E-state index contributed by atoms with van der Waals surface area (Å²) in [5.74, 6) is 1.82. The molecular formula is C17H25N3O2. The van der Waals surface area contributed by atoms with E-state index < -0.39 is 0 Å². The molecule has 5 heteroatoms. The van der Waals surface area contributed by atoms with Gasteiger partial charge < -0.3 is 14.4 Å². The summed E-state index contributed by atoms with van der Waals surface area (Å²) in [7, 11) is 0. The Bertz CT molecular complexity index is 503. The summed E-state index contributed by atoms with van der Waals surface area (Å²) in [6, 6.07) is 4.57. The number of nitrogens with zero attached hydrogens (tertiary/aromatic N) is 3. The Morgan fingerprint density at radius 1 is 1.14 bits per heavy atom. The van der Waals surface area contributed by atoms with E-state index in [0.29, 0.717) is 12.1 Å². The van der Waals surface area contributed by atoms with Crippen LogP contribution in [0, 0.1) is 12.8 Å². The van der Waals surface area contributed by atoms with Crippen LogP contribution >= 0.6 is 0 Å². The quantitative estimate of drug-likeness (QED) is 0.835. The molecule has 3 fully saturated rings. The summed E-state index contributed by atoms with van der Waals surface area (Å²) in [5, 5.41) is 8.53. The van der Waals surface area contributed by atoms with Gasteiger partial charge in [-0.05, 0) is 57.1 Å². The molecule has 1 aliphatic carbocycles. The molecule has 0 unspecified atom stereocenters. The molecule has 0 aromatic carbocycles. The van der Waals surface area contributed by atoms with Gasteiger partial charge in [-0.2, -0.15) is 5.10 Å². The fraction of sp³-hybridized carbons (Fsp3) is 0.765. The number of hydrogen-bond acceptors (Lipinski definition) is 5. The van der Waals surface area contributed by atoms with Crippen LogP contribution in [0.5, 0.6) is 0 Å². The van der Waals surface area contributed by atoms with Gasteiger partial charge in [0.25, 0.3) is 0 Å². The second-order valence-electron chi connectivity index (χ2n) is 6.94. The number of ether oxygens (including phenoxy) is 2. The lowest BCUT2D eigenvalue weighted by molar-refractivity contribution is -0.0872. The minimum atomic E-state index is 0.282. The average Bonchev–Trinajstić information content (AvgIpc) is 3.26. The molecule has 1 aromatic rings. The first-order chi connectivity index (χ1) is 10.8. The van der Waals surface area contributed by atoms with E-state index in [1.807, 2.05) is 13.0 Å². The van der Waals surface area contributed by atoms with Crippen molar-refractivity contribution < 1.29 is 9.47 Å². The van der Waals surface area contributed by atoms with Crippen molar-refractivity contribution in [1.82, 2.24) is 10.2 Å². The Morgan fingerprint density at radius 3 is 2.82 bits per heavy atom. The van der Waals surface area contributed by atoms with E-state index in [0.717, 1.165) is 56.5 Å². The topological polar surface area (TPSA) is 47.5 Å². The van der Waals surface area contributed by atoms with Gasteiger partial charge >= 0.3 is 0 Å². The third kappa shape index (κ3) is 3.10. The largest absolute Gasteiger partial charge is 0.378 e. The normalized spacial score (nSPS) is 31.3. The summed E-state index contributed by atoms with van der Waals surface area (Å²) >= 11 is 0. The minimum Gasteiger partial charge on any atom is -0.378 e. The van der Waals surface area contributed by atoms with Crippen LogP contribution in [0.25, 0.3) is 0 Å². The average molecular weight is 303 g/mol. The maximum Gasteiger partial charge on any atom is 0.151 e. The van der Waals surface area contributed by atoms with Crippen molar-refractivity contribution in [2.45, 2.75) is 57.3 Å². The van der Waals surface area contributed by atoms with E-state index in [-0.39, 0.29) is 6.10 Å². The monoisotopic (exact) mass is 303 g/mol. The molecule has 4 rings (SSSR count). The SMILES string of the molecule is Cc1ccc(N2CC[C@@H]3O[C@@H](COCC4CC4)CC[C@@H]32)nn1. The van der Waals surface area contributed by atoms with Gasteiger partial charge in [0.2, 0.25) is 0 Å². The highest BCUT2D eigenvalue weighted by Crippen LogP contribution is 2.34. The van der Waals surface area contributed by atoms with Gasteiger partial charge in [-0.3, -0.25) is 0 Å². The smallest absolute Gasteiger partial charge is 0.151 e. The van der Waals surface area contributed by atoms with Gasteiger partial charge in [0.1, 0.15) is 0 Å². The zero-order valence-electron chi connectivity index (χ0n) is 13.3. The third-order valence-electron chi connectivity index (χ3n) is 5.07.